The smallest absolute Gasteiger partial charge is 0.224 e. The van der Waals surface area contributed by atoms with E-state index in [2.05, 4.69) is 24.4 Å². The summed E-state index contributed by atoms with van der Waals surface area (Å²) < 4.78 is 23.2. The number of amides is 1. The molecule has 5 nitrogen and oxygen atoms in total. The Balaban J connectivity index is 1.82. The van der Waals surface area contributed by atoms with Crippen LogP contribution in [0.4, 0.5) is 5.69 Å². The van der Waals surface area contributed by atoms with E-state index in [9.17, 15) is 13.2 Å². The van der Waals surface area contributed by atoms with Gasteiger partial charge >= 0.3 is 0 Å². The summed E-state index contributed by atoms with van der Waals surface area (Å²) in [6.45, 7) is 5.13. The van der Waals surface area contributed by atoms with Crippen molar-refractivity contribution in [1.29, 1.82) is 0 Å². The molecule has 1 aromatic rings. The molecule has 1 amide bonds. The van der Waals surface area contributed by atoms with Crippen molar-refractivity contribution in [2.24, 2.45) is 0 Å². The van der Waals surface area contributed by atoms with Crippen LogP contribution in [0.15, 0.2) is 24.3 Å². The number of hydrogen-bond acceptors (Lipinski definition) is 4. The number of nitrogens with one attached hydrogen (secondary N) is 1. The Labute approximate surface area is 139 Å². The summed E-state index contributed by atoms with van der Waals surface area (Å²) in [5.74, 6) is 0.328. The zero-order valence-electron chi connectivity index (χ0n) is 13.9. The van der Waals surface area contributed by atoms with Gasteiger partial charge in [-0.25, -0.2) is 8.42 Å². The summed E-state index contributed by atoms with van der Waals surface area (Å²) in [6, 6.07) is 8.04. The first-order valence-corrected chi connectivity index (χ1v) is 10.1. The van der Waals surface area contributed by atoms with Gasteiger partial charge in [0, 0.05) is 31.2 Å². The van der Waals surface area contributed by atoms with Crippen LogP contribution in [0, 0.1) is 0 Å². The molecule has 128 valence electrons. The Morgan fingerprint density at radius 3 is 2.48 bits per heavy atom. The number of benzene rings is 1. The van der Waals surface area contributed by atoms with Gasteiger partial charge in [-0.1, -0.05) is 19.1 Å². The monoisotopic (exact) mass is 338 g/mol. The maximum atomic E-state index is 12.4. The minimum Gasteiger partial charge on any atom is -0.385 e. The van der Waals surface area contributed by atoms with Crippen molar-refractivity contribution in [2.75, 3.05) is 29.9 Å². The first kappa shape index (κ1) is 17.8. The number of rotatable bonds is 7. The molecule has 1 saturated heterocycles. The summed E-state index contributed by atoms with van der Waals surface area (Å²) in [5.41, 5.74) is 2.28. The third-order valence-corrected chi connectivity index (χ3v) is 6.09. The van der Waals surface area contributed by atoms with E-state index in [4.69, 9.17) is 0 Å². The van der Waals surface area contributed by atoms with Crippen molar-refractivity contribution >= 4 is 21.4 Å². The topological polar surface area (TPSA) is 66.5 Å². The van der Waals surface area contributed by atoms with Crippen LogP contribution < -0.4 is 5.32 Å². The van der Waals surface area contributed by atoms with E-state index in [1.165, 1.54) is 5.56 Å². The van der Waals surface area contributed by atoms with Crippen LogP contribution in [0.3, 0.4) is 0 Å². The van der Waals surface area contributed by atoms with Gasteiger partial charge in [0.1, 0.15) is 0 Å². The second-order valence-corrected chi connectivity index (χ2v) is 8.19. The fraction of sp³-hybridized carbons (Fsp3) is 0.588. The van der Waals surface area contributed by atoms with Crippen LogP contribution in [0.2, 0.25) is 0 Å². The average molecular weight is 338 g/mol. The van der Waals surface area contributed by atoms with Crippen LogP contribution in [0.1, 0.15) is 32.3 Å². The predicted octanol–water partition coefficient (Wildman–Crippen LogP) is 2.09. The molecule has 2 rings (SSSR count). The van der Waals surface area contributed by atoms with Gasteiger partial charge in [-0.15, -0.1) is 0 Å². The number of aryl methyl sites for hydroxylation is 1. The molecule has 1 fully saturated rings. The van der Waals surface area contributed by atoms with Crippen molar-refractivity contribution in [1.82, 2.24) is 4.90 Å². The third kappa shape index (κ3) is 4.96. The van der Waals surface area contributed by atoms with E-state index in [0.717, 1.165) is 12.1 Å². The molecular formula is C17H26N2O3S. The zero-order valence-corrected chi connectivity index (χ0v) is 14.7. The molecule has 1 N–H and O–H groups in total. The SMILES string of the molecule is CCc1ccc(NCCC(=O)N(CC)C2CCS(=O)(=O)C2)cc1. The standard InChI is InChI=1S/C17H26N2O3S/c1-3-14-5-7-15(8-6-14)18-11-9-17(20)19(4-2)16-10-12-23(21,22)13-16/h5-8,16,18H,3-4,9-13H2,1-2H3. The van der Waals surface area contributed by atoms with Gasteiger partial charge in [-0.2, -0.15) is 0 Å². The normalized spacial score (nSPS) is 19.5. The Bertz CT molecular complexity index is 626. The maximum absolute atomic E-state index is 12.4. The van der Waals surface area contributed by atoms with Gasteiger partial charge in [0.15, 0.2) is 9.84 Å². The highest BCUT2D eigenvalue weighted by Crippen LogP contribution is 2.18. The summed E-state index contributed by atoms with van der Waals surface area (Å²) >= 11 is 0. The highest BCUT2D eigenvalue weighted by Gasteiger charge is 2.33. The number of carbonyl (C=O) groups is 1. The van der Waals surface area contributed by atoms with E-state index >= 15 is 0 Å². The first-order chi connectivity index (χ1) is 10.9. The molecule has 0 aromatic heterocycles. The second kappa shape index (κ2) is 7.81. The number of carbonyl (C=O) groups excluding carboxylic acids is 1. The van der Waals surface area contributed by atoms with Crippen molar-refractivity contribution < 1.29 is 13.2 Å². The Morgan fingerprint density at radius 2 is 1.96 bits per heavy atom. The lowest BCUT2D eigenvalue weighted by Crippen LogP contribution is -2.41. The zero-order chi connectivity index (χ0) is 16.9. The number of anilines is 1. The van der Waals surface area contributed by atoms with Gasteiger partial charge in [0.25, 0.3) is 0 Å². The lowest BCUT2D eigenvalue weighted by Gasteiger charge is -2.27. The van der Waals surface area contributed by atoms with E-state index < -0.39 is 9.84 Å². The van der Waals surface area contributed by atoms with E-state index in [-0.39, 0.29) is 23.5 Å². The van der Waals surface area contributed by atoms with Crippen molar-refractivity contribution in [3.63, 3.8) is 0 Å². The predicted molar refractivity (Wildman–Crippen MR) is 93.4 cm³/mol. The van der Waals surface area contributed by atoms with E-state index in [1.54, 1.807) is 4.90 Å². The molecule has 1 heterocycles. The summed E-state index contributed by atoms with van der Waals surface area (Å²) in [5, 5.41) is 3.25. The molecule has 0 spiro atoms. The molecule has 0 aliphatic carbocycles. The molecule has 0 radical (unpaired) electrons. The molecule has 1 atom stereocenters. The maximum Gasteiger partial charge on any atom is 0.224 e. The highest BCUT2D eigenvalue weighted by atomic mass is 32.2. The highest BCUT2D eigenvalue weighted by molar-refractivity contribution is 7.91. The fourth-order valence-electron chi connectivity index (χ4n) is 2.98. The minimum absolute atomic E-state index is 0.0206. The van der Waals surface area contributed by atoms with Crippen LogP contribution >= 0.6 is 0 Å². The third-order valence-electron chi connectivity index (χ3n) is 4.34. The van der Waals surface area contributed by atoms with Crippen molar-refractivity contribution in [3.05, 3.63) is 29.8 Å². The molecule has 1 aliphatic rings. The first-order valence-electron chi connectivity index (χ1n) is 8.28. The Kier molecular flexibility index (Phi) is 6.04. The van der Waals surface area contributed by atoms with Crippen LogP contribution in [0.25, 0.3) is 0 Å². The molecule has 0 saturated carbocycles. The van der Waals surface area contributed by atoms with Gasteiger partial charge in [-0.05, 0) is 37.5 Å². The fourth-order valence-corrected chi connectivity index (χ4v) is 4.71. The molecule has 1 aliphatic heterocycles. The number of hydrogen-bond donors (Lipinski definition) is 1. The summed E-state index contributed by atoms with van der Waals surface area (Å²) in [6.07, 6.45) is 1.95. The van der Waals surface area contributed by atoms with E-state index in [1.807, 2.05) is 19.1 Å². The van der Waals surface area contributed by atoms with Crippen molar-refractivity contribution in [3.8, 4) is 0 Å². The van der Waals surface area contributed by atoms with E-state index in [0.29, 0.717) is 25.9 Å². The van der Waals surface area contributed by atoms with Gasteiger partial charge in [-0.3, -0.25) is 4.79 Å². The van der Waals surface area contributed by atoms with Crippen LogP contribution in [-0.4, -0.2) is 49.9 Å². The van der Waals surface area contributed by atoms with Crippen LogP contribution in [0.5, 0.6) is 0 Å². The molecule has 6 heteroatoms. The Morgan fingerprint density at radius 1 is 1.26 bits per heavy atom. The largest absolute Gasteiger partial charge is 0.385 e. The molecule has 1 aromatic carbocycles. The van der Waals surface area contributed by atoms with Gasteiger partial charge in [0.2, 0.25) is 5.91 Å². The molecule has 0 bridgehead atoms. The number of sulfone groups is 1. The molecular weight excluding hydrogens is 312 g/mol. The summed E-state index contributed by atoms with van der Waals surface area (Å²) in [4.78, 5) is 14.1. The average Bonchev–Trinajstić information content (AvgIpc) is 2.88. The van der Waals surface area contributed by atoms with Crippen LogP contribution in [-0.2, 0) is 21.1 Å². The Hall–Kier alpha value is -1.56. The van der Waals surface area contributed by atoms with Gasteiger partial charge in [0.05, 0.1) is 11.5 Å². The summed E-state index contributed by atoms with van der Waals surface area (Å²) in [7, 11) is -2.96. The van der Waals surface area contributed by atoms with Gasteiger partial charge < -0.3 is 10.2 Å². The lowest BCUT2D eigenvalue weighted by atomic mass is 10.1. The molecule has 1 unspecified atom stereocenters. The minimum atomic E-state index is -2.96. The quantitative estimate of drug-likeness (QED) is 0.827. The second-order valence-electron chi connectivity index (χ2n) is 5.96. The molecule has 23 heavy (non-hydrogen) atoms. The van der Waals surface area contributed by atoms with Crippen molar-refractivity contribution in [2.45, 2.75) is 39.2 Å². The number of nitrogens with zero attached hydrogens (tertiary/aromatic N) is 1. The lowest BCUT2D eigenvalue weighted by molar-refractivity contribution is -0.132.